The SMILES string of the molecule is Cc1ccc(OC(=O)OCC2[CH-]O2)cc1.[W]. The molecular formula is C11H11O4W-. The third kappa shape index (κ3) is 4.33. The normalized spacial score (nSPS) is 17.2. The van der Waals surface area contributed by atoms with E-state index < -0.39 is 6.16 Å². The number of ether oxygens (including phenoxy) is 3. The molecule has 1 aliphatic heterocycles. The molecular weight excluding hydrogens is 380 g/mol. The van der Waals surface area contributed by atoms with Gasteiger partial charge in [-0.1, -0.05) is 17.7 Å². The van der Waals surface area contributed by atoms with Gasteiger partial charge in [-0.25, -0.2) is 4.79 Å². The van der Waals surface area contributed by atoms with E-state index in [2.05, 4.69) is 0 Å². The summed E-state index contributed by atoms with van der Waals surface area (Å²) in [6.45, 7) is 3.77. The molecule has 0 bridgehead atoms. The van der Waals surface area contributed by atoms with E-state index in [1.54, 1.807) is 18.7 Å². The molecule has 1 fully saturated rings. The van der Waals surface area contributed by atoms with Gasteiger partial charge in [-0.3, -0.25) is 0 Å². The number of carbonyl (C=O) groups is 1. The van der Waals surface area contributed by atoms with Gasteiger partial charge in [-0.15, -0.1) is 0 Å². The Kier molecular flexibility index (Phi) is 4.97. The molecule has 0 spiro atoms. The molecule has 1 saturated heterocycles. The summed E-state index contributed by atoms with van der Waals surface area (Å²) in [4.78, 5) is 11.1. The van der Waals surface area contributed by atoms with Crippen LogP contribution in [0, 0.1) is 13.5 Å². The predicted octanol–water partition coefficient (Wildman–Crippen LogP) is 2.07. The second-order valence-electron chi connectivity index (χ2n) is 3.29. The van der Waals surface area contributed by atoms with Crippen LogP contribution in [0.15, 0.2) is 24.3 Å². The van der Waals surface area contributed by atoms with Crippen molar-refractivity contribution in [3.63, 3.8) is 0 Å². The fourth-order valence-corrected chi connectivity index (χ4v) is 1.02. The summed E-state index contributed by atoms with van der Waals surface area (Å²) < 4.78 is 14.5. The molecule has 0 aromatic heterocycles. The molecule has 16 heavy (non-hydrogen) atoms. The Balaban J connectivity index is 0.00000128. The number of hydrogen-bond acceptors (Lipinski definition) is 4. The Bertz CT molecular complexity index is 346. The maximum absolute atomic E-state index is 11.1. The van der Waals surface area contributed by atoms with Gasteiger partial charge in [0.15, 0.2) is 0 Å². The van der Waals surface area contributed by atoms with Gasteiger partial charge in [0.25, 0.3) is 0 Å². The van der Waals surface area contributed by atoms with Crippen LogP contribution >= 0.6 is 0 Å². The van der Waals surface area contributed by atoms with Crippen LogP contribution in [0.2, 0.25) is 0 Å². The van der Waals surface area contributed by atoms with Crippen molar-refractivity contribution in [2.45, 2.75) is 13.0 Å². The first kappa shape index (κ1) is 13.2. The van der Waals surface area contributed by atoms with Crippen molar-refractivity contribution in [3.05, 3.63) is 36.4 Å². The Morgan fingerprint density at radius 3 is 2.62 bits per heavy atom. The molecule has 1 aromatic carbocycles. The van der Waals surface area contributed by atoms with E-state index in [4.69, 9.17) is 14.2 Å². The summed E-state index contributed by atoms with van der Waals surface area (Å²) in [5.41, 5.74) is 1.11. The van der Waals surface area contributed by atoms with E-state index >= 15 is 0 Å². The quantitative estimate of drug-likeness (QED) is 0.343. The smallest absolute Gasteiger partial charge is 0.513 e. The zero-order chi connectivity index (χ0) is 10.7. The Labute approximate surface area is 108 Å². The molecule has 1 aliphatic rings. The van der Waals surface area contributed by atoms with E-state index in [0.717, 1.165) is 5.56 Å². The molecule has 2 rings (SSSR count). The van der Waals surface area contributed by atoms with Gasteiger partial charge in [-0.2, -0.15) is 6.61 Å². The van der Waals surface area contributed by atoms with Gasteiger partial charge >= 0.3 is 6.16 Å². The third-order valence-corrected chi connectivity index (χ3v) is 1.92. The average molecular weight is 391 g/mol. The maximum Gasteiger partial charge on any atom is 0.513 e. The molecule has 86 valence electrons. The molecule has 0 radical (unpaired) electrons. The fourth-order valence-electron chi connectivity index (χ4n) is 1.02. The van der Waals surface area contributed by atoms with E-state index in [-0.39, 0.29) is 33.8 Å². The molecule has 0 saturated carbocycles. The maximum atomic E-state index is 11.1. The van der Waals surface area contributed by atoms with Gasteiger partial charge in [-0.05, 0) is 25.2 Å². The number of benzene rings is 1. The zero-order valence-electron chi connectivity index (χ0n) is 8.71. The molecule has 0 N–H and O–H groups in total. The summed E-state index contributed by atoms with van der Waals surface area (Å²) in [5, 5.41) is 0. The average Bonchev–Trinajstić information content (AvgIpc) is 3.02. The first-order chi connectivity index (χ1) is 7.24. The minimum Gasteiger partial charge on any atom is -0.567 e. The van der Waals surface area contributed by atoms with E-state index in [1.165, 1.54) is 0 Å². The number of carbonyl (C=O) groups excluding carboxylic acids is 1. The second-order valence-corrected chi connectivity index (χ2v) is 3.29. The summed E-state index contributed by atoms with van der Waals surface area (Å²) in [7, 11) is 0. The molecule has 5 heteroatoms. The second kappa shape index (κ2) is 6.02. The predicted molar refractivity (Wildman–Crippen MR) is 52.3 cm³/mol. The van der Waals surface area contributed by atoms with Gasteiger partial charge in [0.1, 0.15) is 5.75 Å². The van der Waals surface area contributed by atoms with Crippen LogP contribution in [0.4, 0.5) is 4.79 Å². The third-order valence-electron chi connectivity index (χ3n) is 1.92. The fraction of sp³-hybridized carbons (Fsp3) is 0.273. The van der Waals surface area contributed by atoms with Crippen LogP contribution in [0.1, 0.15) is 5.56 Å². The van der Waals surface area contributed by atoms with Gasteiger partial charge in [0, 0.05) is 21.1 Å². The summed E-state index contributed by atoms with van der Waals surface area (Å²) in [6, 6.07) is 7.16. The van der Waals surface area contributed by atoms with Crippen LogP contribution in [0.3, 0.4) is 0 Å². The van der Waals surface area contributed by atoms with Crippen molar-refractivity contribution in [2.24, 2.45) is 0 Å². The largest absolute Gasteiger partial charge is 0.567 e. The molecule has 1 atom stereocenters. The minimum absolute atomic E-state index is 0. The van der Waals surface area contributed by atoms with Crippen molar-refractivity contribution >= 4 is 6.16 Å². The van der Waals surface area contributed by atoms with Crippen molar-refractivity contribution in [3.8, 4) is 5.75 Å². The number of epoxide rings is 1. The summed E-state index contributed by atoms with van der Waals surface area (Å²) in [6.07, 6.45) is -0.765. The van der Waals surface area contributed by atoms with E-state index in [9.17, 15) is 4.79 Å². The molecule has 0 aliphatic carbocycles. The van der Waals surface area contributed by atoms with Crippen LogP contribution in [0.25, 0.3) is 0 Å². The van der Waals surface area contributed by atoms with Gasteiger partial charge in [0.05, 0.1) is 6.61 Å². The Morgan fingerprint density at radius 2 is 2.06 bits per heavy atom. The Hall–Kier alpha value is -0.862. The monoisotopic (exact) mass is 391 g/mol. The van der Waals surface area contributed by atoms with Crippen molar-refractivity contribution < 1.29 is 40.1 Å². The first-order valence-corrected chi connectivity index (χ1v) is 4.64. The summed E-state index contributed by atoms with van der Waals surface area (Å²) in [5.74, 6) is 0.478. The van der Waals surface area contributed by atoms with Crippen molar-refractivity contribution in [1.29, 1.82) is 0 Å². The number of hydrogen-bond donors (Lipinski definition) is 0. The molecule has 1 heterocycles. The van der Waals surface area contributed by atoms with E-state index in [1.807, 2.05) is 19.1 Å². The van der Waals surface area contributed by atoms with Crippen molar-refractivity contribution in [1.82, 2.24) is 0 Å². The topological polar surface area (TPSA) is 48.1 Å². The van der Waals surface area contributed by atoms with Crippen LogP contribution in [-0.4, -0.2) is 18.9 Å². The van der Waals surface area contributed by atoms with E-state index in [0.29, 0.717) is 5.75 Å². The van der Waals surface area contributed by atoms with Crippen LogP contribution < -0.4 is 4.74 Å². The summed E-state index contributed by atoms with van der Waals surface area (Å²) >= 11 is 0. The molecule has 0 amide bonds. The van der Waals surface area contributed by atoms with Crippen LogP contribution in [-0.2, 0) is 30.5 Å². The van der Waals surface area contributed by atoms with Crippen molar-refractivity contribution in [2.75, 3.05) is 6.61 Å². The first-order valence-electron chi connectivity index (χ1n) is 4.64. The molecule has 1 unspecified atom stereocenters. The minimum atomic E-state index is -0.706. The molecule has 4 nitrogen and oxygen atoms in total. The standard InChI is InChI=1S/C11H11O4.W/c1-8-2-4-9(5-3-8)15-11(12)14-7-10-6-13-10;/h2-6,10H,7H2,1H3;/q-1;. The Morgan fingerprint density at radius 1 is 1.44 bits per heavy atom. The zero-order valence-corrected chi connectivity index (χ0v) is 11.6. The number of rotatable bonds is 3. The molecule has 1 aromatic rings. The van der Waals surface area contributed by atoms with Gasteiger partial charge in [0.2, 0.25) is 0 Å². The van der Waals surface area contributed by atoms with Crippen LogP contribution in [0.5, 0.6) is 5.75 Å². The number of aryl methyl sites for hydroxylation is 1. The van der Waals surface area contributed by atoms with Gasteiger partial charge < -0.3 is 14.2 Å².